The normalized spacial score (nSPS) is 12.0. The van der Waals surface area contributed by atoms with E-state index in [1.807, 2.05) is 0 Å². The Balaban J connectivity index is 2.29. The van der Waals surface area contributed by atoms with Gasteiger partial charge in [0.2, 0.25) is 5.91 Å². The molecule has 0 unspecified atom stereocenters. The number of amidine groups is 1. The quantitative estimate of drug-likeness (QED) is 0.625. The maximum atomic E-state index is 12.1. The number of carbonyl (C=O) groups excluding carboxylic acids is 1. The van der Waals surface area contributed by atoms with Crippen molar-refractivity contribution in [2.75, 3.05) is 5.32 Å². The molecule has 0 bridgehead atoms. The third-order valence-corrected chi connectivity index (χ3v) is 3.82. The Bertz CT molecular complexity index is 801. The third kappa shape index (κ3) is 3.85. The second kappa shape index (κ2) is 6.31. The summed E-state index contributed by atoms with van der Waals surface area (Å²) in [7, 11) is -3.97. The summed E-state index contributed by atoms with van der Waals surface area (Å²) in [5.74, 6) is -0.500. The van der Waals surface area contributed by atoms with Gasteiger partial charge in [-0.25, -0.2) is 4.98 Å². The van der Waals surface area contributed by atoms with Gasteiger partial charge in [-0.2, -0.15) is 8.42 Å². The average Bonchev–Trinajstić information content (AvgIpc) is 2.47. The molecule has 0 aliphatic rings. The minimum absolute atomic E-state index is 0.0477. The summed E-state index contributed by atoms with van der Waals surface area (Å²) in [5, 5.41) is 2.54. The number of carbonyl (C=O) groups is 1. The molecule has 2 aromatic rings. The van der Waals surface area contributed by atoms with Gasteiger partial charge >= 0.3 is 0 Å². The molecule has 0 saturated heterocycles. The van der Waals surface area contributed by atoms with Crippen molar-refractivity contribution in [3.8, 4) is 0 Å². The molecule has 114 valence electrons. The van der Waals surface area contributed by atoms with Gasteiger partial charge in [0.05, 0.1) is 11.1 Å². The van der Waals surface area contributed by atoms with Crippen molar-refractivity contribution >= 4 is 27.5 Å². The highest BCUT2D eigenvalue weighted by molar-refractivity contribution is 7.90. The van der Waals surface area contributed by atoms with Crippen molar-refractivity contribution in [2.24, 2.45) is 10.1 Å². The lowest BCUT2D eigenvalue weighted by Crippen LogP contribution is -2.17. The van der Waals surface area contributed by atoms with Crippen LogP contribution in [0.4, 0.5) is 5.69 Å². The maximum Gasteiger partial charge on any atom is 0.284 e. The Morgan fingerprint density at radius 3 is 2.45 bits per heavy atom. The lowest BCUT2D eigenvalue weighted by molar-refractivity contribution is -0.114. The fourth-order valence-corrected chi connectivity index (χ4v) is 2.51. The van der Waals surface area contributed by atoms with Gasteiger partial charge in [0.25, 0.3) is 10.0 Å². The minimum atomic E-state index is -3.97. The van der Waals surface area contributed by atoms with Crippen LogP contribution in [0.2, 0.25) is 0 Å². The molecule has 3 N–H and O–H groups in total. The molecule has 0 atom stereocenters. The van der Waals surface area contributed by atoms with Crippen LogP contribution in [0, 0.1) is 0 Å². The number of benzene rings is 1. The van der Waals surface area contributed by atoms with Crippen molar-refractivity contribution in [1.82, 2.24) is 9.97 Å². The van der Waals surface area contributed by atoms with E-state index in [4.69, 9.17) is 5.73 Å². The molecule has 22 heavy (non-hydrogen) atoms. The number of nitrogens with two attached hydrogens (primary N) is 1. The zero-order valence-electron chi connectivity index (χ0n) is 11.6. The Kier molecular flexibility index (Phi) is 4.47. The van der Waals surface area contributed by atoms with E-state index >= 15 is 0 Å². The van der Waals surface area contributed by atoms with Gasteiger partial charge in [0.1, 0.15) is 5.69 Å². The topological polar surface area (TPSA) is 127 Å². The van der Waals surface area contributed by atoms with Gasteiger partial charge < -0.3 is 11.1 Å². The van der Waals surface area contributed by atoms with Crippen LogP contribution < -0.4 is 11.1 Å². The number of sulfonamides is 1. The molecule has 1 aromatic heterocycles. The van der Waals surface area contributed by atoms with E-state index in [1.165, 1.54) is 49.8 Å². The van der Waals surface area contributed by atoms with Crippen LogP contribution in [0.5, 0.6) is 0 Å². The van der Waals surface area contributed by atoms with E-state index in [0.717, 1.165) is 0 Å². The van der Waals surface area contributed by atoms with Gasteiger partial charge in [-0.1, -0.05) is 0 Å². The first-order chi connectivity index (χ1) is 10.4. The Labute approximate surface area is 127 Å². The van der Waals surface area contributed by atoms with Crippen LogP contribution >= 0.6 is 0 Å². The minimum Gasteiger partial charge on any atom is -0.381 e. The molecule has 1 heterocycles. The van der Waals surface area contributed by atoms with Crippen LogP contribution in [0.1, 0.15) is 12.6 Å². The maximum absolute atomic E-state index is 12.1. The number of hydrogen-bond acceptors (Lipinski definition) is 5. The van der Waals surface area contributed by atoms with Crippen LogP contribution in [-0.2, 0) is 14.8 Å². The first-order valence-corrected chi connectivity index (χ1v) is 7.57. The molecule has 9 heteroatoms. The zero-order chi connectivity index (χ0) is 16.2. The number of anilines is 1. The lowest BCUT2D eigenvalue weighted by atomic mass is 10.3. The average molecular weight is 319 g/mol. The van der Waals surface area contributed by atoms with Gasteiger partial charge in [-0.3, -0.25) is 9.78 Å². The second-order valence-corrected chi connectivity index (χ2v) is 5.85. The zero-order valence-corrected chi connectivity index (χ0v) is 12.4. The monoisotopic (exact) mass is 319 g/mol. The van der Waals surface area contributed by atoms with Crippen LogP contribution in [-0.4, -0.2) is 30.1 Å². The third-order valence-electron chi connectivity index (χ3n) is 2.52. The van der Waals surface area contributed by atoms with Crippen LogP contribution in [0.25, 0.3) is 0 Å². The summed E-state index contributed by atoms with van der Waals surface area (Å²) in [4.78, 5) is 18.5. The first kappa shape index (κ1) is 15.6. The molecule has 0 spiro atoms. The van der Waals surface area contributed by atoms with Crippen LogP contribution in [0.3, 0.4) is 0 Å². The molecule has 2 rings (SSSR count). The second-order valence-electron chi connectivity index (χ2n) is 4.25. The molecule has 0 radical (unpaired) electrons. The molecule has 0 fully saturated rings. The van der Waals surface area contributed by atoms with Crippen LogP contribution in [0.15, 0.2) is 52.1 Å². The Morgan fingerprint density at radius 1 is 1.23 bits per heavy atom. The number of nitrogens with one attached hydrogen (secondary N) is 1. The highest BCUT2D eigenvalue weighted by Crippen LogP contribution is 2.16. The molecule has 1 aromatic carbocycles. The molecule has 0 saturated carbocycles. The summed E-state index contributed by atoms with van der Waals surface area (Å²) >= 11 is 0. The number of nitrogens with zero attached hydrogens (tertiary/aromatic N) is 3. The highest BCUT2D eigenvalue weighted by atomic mass is 32.2. The van der Waals surface area contributed by atoms with Gasteiger partial charge in [0.15, 0.2) is 5.84 Å². The van der Waals surface area contributed by atoms with Crippen molar-refractivity contribution in [3.63, 3.8) is 0 Å². The summed E-state index contributed by atoms with van der Waals surface area (Å²) < 4.78 is 27.8. The number of aromatic nitrogens is 2. The van der Waals surface area contributed by atoms with Crippen molar-refractivity contribution in [2.45, 2.75) is 11.8 Å². The predicted octanol–water partition coefficient (Wildman–Crippen LogP) is 0.529. The molecule has 0 aliphatic heterocycles. The van der Waals surface area contributed by atoms with E-state index in [0.29, 0.717) is 5.69 Å². The summed E-state index contributed by atoms with van der Waals surface area (Å²) in [6.07, 6.45) is 4.13. The largest absolute Gasteiger partial charge is 0.381 e. The SMILES string of the molecule is CC(=O)Nc1ccc(S(=O)(=O)N=C(N)c2cnccn2)cc1. The first-order valence-electron chi connectivity index (χ1n) is 6.13. The van der Waals surface area contributed by atoms with Crippen molar-refractivity contribution in [3.05, 3.63) is 48.5 Å². The molecule has 1 amide bonds. The molecule has 0 aliphatic carbocycles. The summed E-state index contributed by atoms with van der Waals surface area (Å²) in [6, 6.07) is 5.58. The van der Waals surface area contributed by atoms with E-state index in [9.17, 15) is 13.2 Å². The summed E-state index contributed by atoms with van der Waals surface area (Å²) in [5.41, 5.74) is 6.28. The Hall–Kier alpha value is -2.81. The smallest absolute Gasteiger partial charge is 0.284 e. The molecule has 8 nitrogen and oxygen atoms in total. The fourth-order valence-electron chi connectivity index (χ4n) is 1.57. The number of rotatable bonds is 4. The standard InChI is InChI=1S/C13H13N5O3S/c1-9(19)17-10-2-4-11(5-3-10)22(20,21)18-13(14)12-8-15-6-7-16-12/h2-8H,1H3,(H2,14,18)(H,17,19). The van der Waals surface area contributed by atoms with Crippen molar-refractivity contribution in [1.29, 1.82) is 0 Å². The number of amides is 1. The predicted molar refractivity (Wildman–Crippen MR) is 80.7 cm³/mol. The highest BCUT2D eigenvalue weighted by Gasteiger charge is 2.14. The lowest BCUT2D eigenvalue weighted by Gasteiger charge is -2.04. The van der Waals surface area contributed by atoms with Gasteiger partial charge in [-0.15, -0.1) is 4.40 Å². The van der Waals surface area contributed by atoms with E-state index in [-0.39, 0.29) is 22.3 Å². The van der Waals surface area contributed by atoms with E-state index in [2.05, 4.69) is 19.7 Å². The van der Waals surface area contributed by atoms with E-state index < -0.39 is 10.0 Å². The molecular weight excluding hydrogens is 306 g/mol. The fraction of sp³-hybridized carbons (Fsp3) is 0.0769. The van der Waals surface area contributed by atoms with E-state index in [1.54, 1.807) is 0 Å². The summed E-state index contributed by atoms with van der Waals surface area (Å²) in [6.45, 7) is 1.36. The Morgan fingerprint density at radius 2 is 1.91 bits per heavy atom. The number of hydrogen-bond donors (Lipinski definition) is 2. The van der Waals surface area contributed by atoms with Gasteiger partial charge in [-0.05, 0) is 24.3 Å². The van der Waals surface area contributed by atoms with Gasteiger partial charge in [0, 0.05) is 25.0 Å². The van der Waals surface area contributed by atoms with Crippen molar-refractivity contribution < 1.29 is 13.2 Å². The molecular formula is C13H13N5O3S.